The van der Waals surface area contributed by atoms with Crippen molar-refractivity contribution in [2.24, 2.45) is 17.8 Å². The number of imide groups is 1. The number of hydrogen-bond donors (Lipinski definition) is 2. The first kappa shape index (κ1) is 20.8. The molecule has 4 atom stereocenters. The Bertz CT molecular complexity index is 859. The van der Waals surface area contributed by atoms with Gasteiger partial charge in [-0.2, -0.15) is 0 Å². The second-order valence-electron chi connectivity index (χ2n) is 9.11. The number of nitrogens with one attached hydrogen (secondary N) is 1. The first-order valence-corrected chi connectivity index (χ1v) is 11.0. The lowest BCUT2D eigenvalue weighted by molar-refractivity contribution is -0.154. The van der Waals surface area contributed by atoms with Crippen LogP contribution >= 0.6 is 0 Å². The SMILES string of the molecule is CC(C)C1(C(=O)O)NC(C=Cc2ccccc2)C2C(=O)N(C3CCCCC3)C(=O)C21. The van der Waals surface area contributed by atoms with Crippen molar-refractivity contribution < 1.29 is 19.5 Å². The third kappa shape index (κ3) is 3.18. The molecule has 2 heterocycles. The highest BCUT2D eigenvalue weighted by molar-refractivity contribution is 6.10. The van der Waals surface area contributed by atoms with E-state index in [4.69, 9.17) is 0 Å². The van der Waals surface area contributed by atoms with Gasteiger partial charge >= 0.3 is 5.97 Å². The highest BCUT2D eigenvalue weighted by Crippen LogP contribution is 2.48. The zero-order valence-electron chi connectivity index (χ0n) is 17.6. The van der Waals surface area contributed by atoms with E-state index in [-0.39, 0.29) is 23.8 Å². The number of rotatable bonds is 5. The molecule has 6 heteroatoms. The summed E-state index contributed by atoms with van der Waals surface area (Å²) < 4.78 is 0. The topological polar surface area (TPSA) is 86.7 Å². The van der Waals surface area contributed by atoms with Gasteiger partial charge in [0.1, 0.15) is 5.54 Å². The molecule has 3 aliphatic rings. The summed E-state index contributed by atoms with van der Waals surface area (Å²) in [4.78, 5) is 40.9. The average Bonchev–Trinajstić information content (AvgIpc) is 3.22. The van der Waals surface area contributed by atoms with E-state index in [9.17, 15) is 19.5 Å². The third-order valence-corrected chi connectivity index (χ3v) is 7.17. The summed E-state index contributed by atoms with van der Waals surface area (Å²) in [5, 5.41) is 13.4. The van der Waals surface area contributed by atoms with Crippen LogP contribution in [0.25, 0.3) is 6.08 Å². The molecule has 1 aromatic carbocycles. The molecule has 4 rings (SSSR count). The largest absolute Gasteiger partial charge is 0.480 e. The third-order valence-electron chi connectivity index (χ3n) is 7.17. The number of nitrogens with zero attached hydrogens (tertiary/aromatic N) is 1. The van der Waals surface area contributed by atoms with Crippen LogP contribution in [0, 0.1) is 17.8 Å². The highest BCUT2D eigenvalue weighted by Gasteiger charge is 2.69. The van der Waals surface area contributed by atoms with Crippen LogP contribution in [0.1, 0.15) is 51.5 Å². The second kappa shape index (κ2) is 7.99. The number of carboxylic acids is 1. The molecule has 2 N–H and O–H groups in total. The Labute approximate surface area is 177 Å². The van der Waals surface area contributed by atoms with Gasteiger partial charge in [-0.3, -0.25) is 24.6 Å². The Hall–Kier alpha value is -2.47. The summed E-state index contributed by atoms with van der Waals surface area (Å²) in [6, 6.07) is 9.08. The van der Waals surface area contributed by atoms with Gasteiger partial charge in [-0.15, -0.1) is 0 Å². The Balaban J connectivity index is 1.73. The monoisotopic (exact) mass is 410 g/mol. The molecule has 6 nitrogen and oxygen atoms in total. The molecule has 2 saturated heterocycles. The van der Waals surface area contributed by atoms with Crippen LogP contribution in [0.5, 0.6) is 0 Å². The number of carbonyl (C=O) groups excluding carboxylic acids is 2. The molecule has 0 spiro atoms. The van der Waals surface area contributed by atoms with Gasteiger partial charge < -0.3 is 5.11 Å². The fourth-order valence-electron chi connectivity index (χ4n) is 5.62. The summed E-state index contributed by atoms with van der Waals surface area (Å²) in [6.45, 7) is 3.62. The van der Waals surface area contributed by atoms with Crippen LogP contribution < -0.4 is 5.32 Å². The second-order valence-corrected chi connectivity index (χ2v) is 9.11. The summed E-state index contributed by atoms with van der Waals surface area (Å²) in [5.41, 5.74) is -0.485. The molecule has 30 heavy (non-hydrogen) atoms. The van der Waals surface area contributed by atoms with E-state index >= 15 is 0 Å². The molecule has 1 aromatic rings. The van der Waals surface area contributed by atoms with Crippen molar-refractivity contribution in [2.45, 2.75) is 63.6 Å². The normalized spacial score (nSPS) is 32.4. The smallest absolute Gasteiger partial charge is 0.325 e. The average molecular weight is 411 g/mol. The van der Waals surface area contributed by atoms with Gasteiger partial charge in [0, 0.05) is 12.1 Å². The Morgan fingerprint density at radius 2 is 1.80 bits per heavy atom. The van der Waals surface area contributed by atoms with E-state index in [0.29, 0.717) is 0 Å². The van der Waals surface area contributed by atoms with Crippen LogP contribution in [-0.2, 0) is 14.4 Å². The zero-order valence-corrected chi connectivity index (χ0v) is 17.6. The van der Waals surface area contributed by atoms with E-state index in [1.165, 1.54) is 4.90 Å². The summed E-state index contributed by atoms with van der Waals surface area (Å²) in [7, 11) is 0. The molecule has 0 bridgehead atoms. The van der Waals surface area contributed by atoms with Gasteiger partial charge in [-0.05, 0) is 24.3 Å². The number of fused-ring (bicyclic) bond motifs is 1. The number of aliphatic carboxylic acids is 1. The van der Waals surface area contributed by atoms with Gasteiger partial charge in [0.25, 0.3) is 0 Å². The van der Waals surface area contributed by atoms with Gasteiger partial charge in [0.2, 0.25) is 11.8 Å². The van der Waals surface area contributed by atoms with Crippen molar-refractivity contribution in [3.8, 4) is 0 Å². The van der Waals surface area contributed by atoms with Crippen molar-refractivity contribution in [3.63, 3.8) is 0 Å². The summed E-state index contributed by atoms with van der Waals surface area (Å²) in [6.07, 6.45) is 8.51. The van der Waals surface area contributed by atoms with Crippen molar-refractivity contribution >= 4 is 23.9 Å². The molecule has 2 amide bonds. The number of benzene rings is 1. The minimum atomic E-state index is -1.45. The minimum Gasteiger partial charge on any atom is -0.480 e. The first-order chi connectivity index (χ1) is 14.4. The molecular weight excluding hydrogens is 380 g/mol. The number of likely N-dealkylation sites (tertiary alicyclic amines) is 1. The molecule has 160 valence electrons. The van der Waals surface area contributed by atoms with Crippen LogP contribution in [-0.4, -0.2) is 45.4 Å². The molecule has 0 aromatic heterocycles. The van der Waals surface area contributed by atoms with Gasteiger partial charge in [0.15, 0.2) is 0 Å². The molecule has 1 saturated carbocycles. The van der Waals surface area contributed by atoms with E-state index in [1.807, 2.05) is 56.3 Å². The van der Waals surface area contributed by atoms with Gasteiger partial charge in [-0.25, -0.2) is 0 Å². The number of carbonyl (C=O) groups is 3. The van der Waals surface area contributed by atoms with Crippen LogP contribution in [0.3, 0.4) is 0 Å². The minimum absolute atomic E-state index is 0.0956. The van der Waals surface area contributed by atoms with Crippen LogP contribution in [0.15, 0.2) is 36.4 Å². The molecule has 4 unspecified atom stereocenters. The van der Waals surface area contributed by atoms with Gasteiger partial charge in [0.05, 0.1) is 11.8 Å². The molecule has 2 aliphatic heterocycles. The lowest BCUT2D eigenvalue weighted by atomic mass is 9.73. The van der Waals surface area contributed by atoms with Crippen molar-refractivity contribution in [2.75, 3.05) is 0 Å². The Morgan fingerprint density at radius 1 is 1.13 bits per heavy atom. The van der Waals surface area contributed by atoms with Crippen LogP contribution in [0.2, 0.25) is 0 Å². The Morgan fingerprint density at radius 3 is 2.40 bits per heavy atom. The lowest BCUT2D eigenvalue weighted by Gasteiger charge is -2.36. The van der Waals surface area contributed by atoms with Crippen LogP contribution in [0.4, 0.5) is 0 Å². The van der Waals surface area contributed by atoms with E-state index in [2.05, 4.69) is 5.32 Å². The fourth-order valence-corrected chi connectivity index (χ4v) is 5.62. The van der Waals surface area contributed by atoms with Crippen molar-refractivity contribution in [3.05, 3.63) is 42.0 Å². The van der Waals surface area contributed by atoms with Crippen molar-refractivity contribution in [1.82, 2.24) is 10.2 Å². The molecule has 1 aliphatic carbocycles. The van der Waals surface area contributed by atoms with E-state index in [1.54, 1.807) is 0 Å². The predicted molar refractivity (Wildman–Crippen MR) is 113 cm³/mol. The predicted octanol–water partition coefficient (Wildman–Crippen LogP) is 3.08. The van der Waals surface area contributed by atoms with Gasteiger partial charge in [-0.1, -0.05) is 75.6 Å². The number of amides is 2. The standard InChI is InChI=1S/C24H30N2O4/c1-15(2)24(23(29)30)20-19(18(25-24)14-13-16-9-5-3-6-10-16)21(27)26(22(20)28)17-11-7-4-8-12-17/h3,5-6,9-10,13-15,17-20,25H,4,7-8,11-12H2,1-2H3,(H,29,30). The highest BCUT2D eigenvalue weighted by atomic mass is 16.4. The summed E-state index contributed by atoms with van der Waals surface area (Å²) in [5.74, 6) is -3.49. The first-order valence-electron chi connectivity index (χ1n) is 11.0. The number of carboxylic acid groups (broad SMARTS) is 1. The molecular formula is C24H30N2O4. The van der Waals surface area contributed by atoms with Crippen molar-refractivity contribution in [1.29, 1.82) is 0 Å². The maximum atomic E-state index is 13.5. The lowest BCUT2D eigenvalue weighted by Crippen LogP contribution is -2.60. The molecule has 3 fully saturated rings. The maximum absolute atomic E-state index is 13.5. The summed E-state index contributed by atoms with van der Waals surface area (Å²) >= 11 is 0. The quantitative estimate of drug-likeness (QED) is 0.729. The van der Waals surface area contributed by atoms with E-state index < -0.39 is 29.4 Å². The number of hydrogen-bond acceptors (Lipinski definition) is 4. The Kier molecular flexibility index (Phi) is 5.53. The molecule has 0 radical (unpaired) electrons. The fraction of sp³-hybridized carbons (Fsp3) is 0.542. The maximum Gasteiger partial charge on any atom is 0.325 e. The van der Waals surface area contributed by atoms with E-state index in [0.717, 1.165) is 37.7 Å². The zero-order chi connectivity index (χ0) is 21.5.